The van der Waals surface area contributed by atoms with E-state index < -0.39 is 11.4 Å². The highest BCUT2D eigenvalue weighted by Crippen LogP contribution is 2.75. The Bertz CT molecular complexity index is 907. The first-order valence-corrected chi connectivity index (χ1v) is 13.9. The molecule has 0 bridgehead atoms. The molecular formula is C30H48O4. The summed E-state index contributed by atoms with van der Waals surface area (Å²) in [5.74, 6) is 0.493. The van der Waals surface area contributed by atoms with Gasteiger partial charge < -0.3 is 15.3 Å². The van der Waals surface area contributed by atoms with Crippen molar-refractivity contribution in [2.75, 3.05) is 6.61 Å². The predicted molar refractivity (Wildman–Crippen MR) is 134 cm³/mol. The Hall–Kier alpha value is -0.870. The zero-order valence-electron chi connectivity index (χ0n) is 22.4. The third-order valence-electron chi connectivity index (χ3n) is 13.3. The van der Waals surface area contributed by atoms with Gasteiger partial charge in [0.1, 0.15) is 0 Å². The minimum Gasteiger partial charge on any atom is -0.481 e. The van der Waals surface area contributed by atoms with Crippen LogP contribution in [0.4, 0.5) is 0 Å². The Morgan fingerprint density at radius 1 is 0.941 bits per heavy atom. The van der Waals surface area contributed by atoms with E-state index in [4.69, 9.17) is 0 Å². The molecule has 192 valence electrons. The molecule has 4 heteroatoms. The molecule has 4 saturated carbocycles. The second kappa shape index (κ2) is 7.34. The molecule has 0 aromatic rings. The van der Waals surface area contributed by atoms with Crippen LogP contribution in [0.25, 0.3) is 0 Å². The fourth-order valence-corrected chi connectivity index (χ4v) is 10.7. The van der Waals surface area contributed by atoms with Gasteiger partial charge in [-0.15, -0.1) is 0 Å². The lowest BCUT2D eigenvalue weighted by atomic mass is 9.33. The third kappa shape index (κ3) is 2.88. The monoisotopic (exact) mass is 472 g/mol. The molecule has 34 heavy (non-hydrogen) atoms. The SMILES string of the molecule is CC1(C)[C@H](O)CC[C@]2(C)[C@@H]1CC[C@]1(C)[C@@H]2CC=C2[C@H]3C[C@](C)(CO)CC[C@]3(C(=O)O)CC[C@]21C. The highest BCUT2D eigenvalue weighted by atomic mass is 16.4. The summed E-state index contributed by atoms with van der Waals surface area (Å²) >= 11 is 0. The lowest BCUT2D eigenvalue weighted by Crippen LogP contribution is -2.65. The van der Waals surface area contributed by atoms with Gasteiger partial charge in [0.25, 0.3) is 0 Å². The van der Waals surface area contributed by atoms with Crippen LogP contribution in [0.3, 0.4) is 0 Å². The summed E-state index contributed by atoms with van der Waals surface area (Å²) in [6.45, 7) is 14.4. The number of allylic oxidation sites excluding steroid dienone is 2. The summed E-state index contributed by atoms with van der Waals surface area (Å²) in [5.41, 5.74) is 0.844. The molecule has 4 nitrogen and oxygen atoms in total. The number of carboxylic acids is 1. The van der Waals surface area contributed by atoms with E-state index in [1.54, 1.807) is 0 Å². The van der Waals surface area contributed by atoms with E-state index >= 15 is 0 Å². The van der Waals surface area contributed by atoms with E-state index in [2.05, 4.69) is 47.6 Å². The molecule has 4 fully saturated rings. The molecule has 9 atom stereocenters. The summed E-state index contributed by atoms with van der Waals surface area (Å²) in [7, 11) is 0. The number of aliphatic hydroxyl groups is 2. The van der Waals surface area contributed by atoms with Crippen molar-refractivity contribution in [3.8, 4) is 0 Å². The van der Waals surface area contributed by atoms with Gasteiger partial charge in [-0.3, -0.25) is 4.79 Å². The first-order chi connectivity index (χ1) is 15.7. The van der Waals surface area contributed by atoms with Crippen LogP contribution in [0.2, 0.25) is 0 Å². The number of aliphatic carboxylic acids is 1. The normalized spacial score (nSPS) is 54.1. The van der Waals surface area contributed by atoms with Crippen LogP contribution >= 0.6 is 0 Å². The predicted octanol–water partition coefficient (Wildman–Crippen LogP) is 6.21. The van der Waals surface area contributed by atoms with Crippen molar-refractivity contribution in [2.45, 2.75) is 112 Å². The Balaban J connectivity index is 1.60. The summed E-state index contributed by atoms with van der Waals surface area (Å²) in [4.78, 5) is 12.8. The fourth-order valence-electron chi connectivity index (χ4n) is 10.7. The standard InChI is InChI=1S/C30H48O4/c1-25(2)21-9-12-29(6)22(27(21,4)11-10-23(25)32)8-7-19-20-17-26(3,18-31)13-15-30(20,24(33)34)16-14-28(19,29)5/h7,20-23,31-32H,8-18H2,1-6H3,(H,33,34)/t20-,21-,22-,23-,26-,27-,28-,29-,30+/m1/s1. The van der Waals surface area contributed by atoms with Crippen LogP contribution in [-0.2, 0) is 4.79 Å². The lowest BCUT2D eigenvalue weighted by Gasteiger charge is -2.71. The van der Waals surface area contributed by atoms with Crippen LogP contribution in [0.5, 0.6) is 0 Å². The van der Waals surface area contributed by atoms with E-state index in [1.165, 1.54) is 5.57 Å². The molecule has 0 spiro atoms. The van der Waals surface area contributed by atoms with Gasteiger partial charge in [0.05, 0.1) is 11.5 Å². The number of fused-ring (bicyclic) bond motifs is 7. The Labute approximate surface area is 206 Å². The molecule has 0 aliphatic heterocycles. The molecule has 0 amide bonds. The van der Waals surface area contributed by atoms with Gasteiger partial charge in [-0.05, 0) is 109 Å². The molecule has 3 N–H and O–H groups in total. The number of hydrogen-bond acceptors (Lipinski definition) is 3. The van der Waals surface area contributed by atoms with Gasteiger partial charge >= 0.3 is 5.97 Å². The molecular weight excluding hydrogens is 424 g/mol. The fraction of sp³-hybridized carbons (Fsp3) is 0.900. The number of rotatable bonds is 2. The summed E-state index contributed by atoms with van der Waals surface area (Å²) < 4.78 is 0. The zero-order valence-corrected chi connectivity index (χ0v) is 22.4. The third-order valence-corrected chi connectivity index (χ3v) is 13.3. The zero-order chi connectivity index (χ0) is 24.9. The minimum atomic E-state index is -0.665. The van der Waals surface area contributed by atoms with E-state index in [-0.39, 0.29) is 45.7 Å². The molecule has 0 aromatic heterocycles. The van der Waals surface area contributed by atoms with Gasteiger partial charge in [0.2, 0.25) is 0 Å². The quantitative estimate of drug-likeness (QED) is 0.418. The van der Waals surface area contributed by atoms with Gasteiger partial charge in [-0.1, -0.05) is 53.2 Å². The molecule has 5 rings (SSSR count). The van der Waals surface area contributed by atoms with Crippen molar-refractivity contribution in [1.82, 2.24) is 0 Å². The maximum absolute atomic E-state index is 12.8. The Morgan fingerprint density at radius 2 is 1.62 bits per heavy atom. The highest BCUT2D eigenvalue weighted by molar-refractivity contribution is 5.76. The largest absolute Gasteiger partial charge is 0.481 e. The number of hydrogen-bond donors (Lipinski definition) is 3. The van der Waals surface area contributed by atoms with Crippen molar-refractivity contribution in [3.05, 3.63) is 11.6 Å². The summed E-state index contributed by atoms with van der Waals surface area (Å²) in [5, 5.41) is 31.6. The van der Waals surface area contributed by atoms with Crippen LogP contribution in [0.15, 0.2) is 11.6 Å². The first-order valence-electron chi connectivity index (χ1n) is 13.9. The minimum absolute atomic E-state index is 0.00141. The summed E-state index contributed by atoms with van der Waals surface area (Å²) in [6, 6.07) is 0. The van der Waals surface area contributed by atoms with Gasteiger partial charge in [0, 0.05) is 6.61 Å². The second-order valence-electron chi connectivity index (χ2n) is 14.9. The van der Waals surface area contributed by atoms with E-state index in [9.17, 15) is 20.1 Å². The molecule has 0 aromatic carbocycles. The smallest absolute Gasteiger partial charge is 0.310 e. The summed E-state index contributed by atoms with van der Waals surface area (Å²) in [6.07, 6.45) is 11.6. The highest BCUT2D eigenvalue weighted by Gasteiger charge is 2.69. The van der Waals surface area contributed by atoms with Crippen LogP contribution in [0.1, 0.15) is 106 Å². The maximum Gasteiger partial charge on any atom is 0.310 e. The first kappa shape index (κ1) is 24.8. The molecule has 0 heterocycles. The van der Waals surface area contributed by atoms with Gasteiger partial charge in [0.15, 0.2) is 0 Å². The van der Waals surface area contributed by atoms with Crippen molar-refractivity contribution in [2.24, 2.45) is 50.2 Å². The van der Waals surface area contributed by atoms with Crippen LogP contribution in [-0.4, -0.2) is 34.0 Å². The van der Waals surface area contributed by atoms with E-state index in [1.807, 2.05) is 0 Å². The van der Waals surface area contributed by atoms with Crippen molar-refractivity contribution in [3.63, 3.8) is 0 Å². The average Bonchev–Trinajstić information content (AvgIpc) is 2.77. The van der Waals surface area contributed by atoms with Crippen molar-refractivity contribution in [1.29, 1.82) is 0 Å². The molecule has 5 aliphatic rings. The van der Waals surface area contributed by atoms with Crippen LogP contribution < -0.4 is 0 Å². The topological polar surface area (TPSA) is 77.8 Å². The number of aliphatic hydroxyl groups excluding tert-OH is 2. The Kier molecular flexibility index (Phi) is 5.36. The molecule has 5 aliphatic carbocycles. The lowest BCUT2D eigenvalue weighted by molar-refractivity contribution is -0.206. The van der Waals surface area contributed by atoms with Crippen LogP contribution in [0, 0.1) is 50.2 Å². The van der Waals surface area contributed by atoms with Gasteiger partial charge in [-0.25, -0.2) is 0 Å². The molecule has 0 unspecified atom stereocenters. The van der Waals surface area contributed by atoms with Crippen molar-refractivity contribution < 1.29 is 20.1 Å². The second-order valence-corrected chi connectivity index (χ2v) is 14.9. The van der Waals surface area contributed by atoms with Gasteiger partial charge in [-0.2, -0.15) is 0 Å². The number of carboxylic acid groups (broad SMARTS) is 1. The van der Waals surface area contributed by atoms with Crippen molar-refractivity contribution >= 4 is 5.97 Å². The average molecular weight is 473 g/mol. The maximum atomic E-state index is 12.8. The molecule has 0 radical (unpaired) electrons. The van der Waals surface area contributed by atoms with E-state index in [0.717, 1.165) is 57.8 Å². The Morgan fingerprint density at radius 3 is 2.26 bits per heavy atom. The number of carbonyl (C=O) groups is 1. The van der Waals surface area contributed by atoms with E-state index in [0.29, 0.717) is 18.3 Å². The molecule has 0 saturated heterocycles.